The Morgan fingerprint density at radius 1 is 1.35 bits per heavy atom. The minimum Gasteiger partial charge on any atom is -0.497 e. The zero-order valence-electron chi connectivity index (χ0n) is 13.9. The highest BCUT2D eigenvalue weighted by Crippen LogP contribution is 2.16. The van der Waals surface area contributed by atoms with Crippen molar-refractivity contribution in [2.45, 2.75) is 32.7 Å². The van der Waals surface area contributed by atoms with Crippen LogP contribution in [0, 0.1) is 0 Å². The summed E-state index contributed by atoms with van der Waals surface area (Å²) in [4.78, 5) is 25.7. The molecular weight excluding hydrogens is 318 g/mol. The number of anilines is 1. The molecule has 0 aliphatic carbocycles. The monoisotopic (exact) mass is 343 g/mol. The molecule has 0 aromatic heterocycles. The summed E-state index contributed by atoms with van der Waals surface area (Å²) in [6.07, 6.45) is 1.45. The van der Waals surface area contributed by atoms with Crippen molar-refractivity contribution >= 4 is 29.9 Å². The molecule has 1 aromatic carbocycles. The van der Waals surface area contributed by atoms with Gasteiger partial charge in [-0.2, -0.15) is 0 Å². The number of hydrogen-bond acceptors (Lipinski definition) is 4. The van der Waals surface area contributed by atoms with E-state index in [9.17, 15) is 9.59 Å². The van der Waals surface area contributed by atoms with E-state index >= 15 is 0 Å². The van der Waals surface area contributed by atoms with Gasteiger partial charge in [-0.3, -0.25) is 9.59 Å². The molecule has 1 atom stereocenters. The number of rotatable bonds is 8. The lowest BCUT2D eigenvalue weighted by Gasteiger charge is -2.23. The summed E-state index contributed by atoms with van der Waals surface area (Å²) in [5, 5.41) is 2.75. The summed E-state index contributed by atoms with van der Waals surface area (Å²) in [6.45, 7) is 4.24. The van der Waals surface area contributed by atoms with Gasteiger partial charge in [0.05, 0.1) is 19.7 Å². The molecule has 3 N–H and O–H groups in total. The molecule has 0 radical (unpaired) electrons. The molecule has 7 heteroatoms. The molecule has 6 nitrogen and oxygen atoms in total. The number of ether oxygens (including phenoxy) is 1. The molecule has 1 aromatic rings. The number of hydrogen-bond donors (Lipinski definition) is 2. The third-order valence-electron chi connectivity index (χ3n) is 3.30. The lowest BCUT2D eigenvalue weighted by atomic mass is 10.1. The van der Waals surface area contributed by atoms with Crippen molar-refractivity contribution in [3.05, 3.63) is 24.3 Å². The summed E-state index contributed by atoms with van der Waals surface area (Å²) in [6, 6.07) is 6.52. The Bertz CT molecular complexity index is 511. The Hall–Kier alpha value is -1.79. The fourth-order valence-corrected chi connectivity index (χ4v) is 2.09. The Balaban J connectivity index is 0.00000484. The van der Waals surface area contributed by atoms with Gasteiger partial charge in [-0.15, -0.1) is 12.4 Å². The number of nitrogens with two attached hydrogens (primary N) is 1. The van der Waals surface area contributed by atoms with Crippen molar-refractivity contribution in [2.75, 3.05) is 25.5 Å². The smallest absolute Gasteiger partial charge is 0.243 e. The molecule has 23 heavy (non-hydrogen) atoms. The minimum absolute atomic E-state index is 0. The van der Waals surface area contributed by atoms with Crippen LogP contribution in [0.15, 0.2) is 24.3 Å². The lowest BCUT2D eigenvalue weighted by Crippen LogP contribution is -2.46. The van der Waals surface area contributed by atoms with Crippen LogP contribution in [-0.2, 0) is 9.59 Å². The number of amides is 2. The van der Waals surface area contributed by atoms with E-state index in [0.29, 0.717) is 24.4 Å². The van der Waals surface area contributed by atoms with Gasteiger partial charge in [0.1, 0.15) is 5.75 Å². The molecule has 0 heterocycles. The molecule has 0 spiro atoms. The van der Waals surface area contributed by atoms with E-state index in [1.807, 2.05) is 13.8 Å². The first-order valence-electron chi connectivity index (χ1n) is 7.50. The molecule has 0 bridgehead atoms. The molecule has 0 fully saturated rings. The van der Waals surface area contributed by atoms with E-state index in [4.69, 9.17) is 10.5 Å². The molecule has 1 rings (SSSR count). The first kappa shape index (κ1) is 21.2. The van der Waals surface area contributed by atoms with Crippen molar-refractivity contribution in [3.8, 4) is 5.75 Å². The van der Waals surface area contributed by atoms with Gasteiger partial charge in [0.2, 0.25) is 11.8 Å². The van der Waals surface area contributed by atoms with Gasteiger partial charge < -0.3 is 20.7 Å². The van der Waals surface area contributed by atoms with E-state index in [1.165, 1.54) is 4.90 Å². The molecule has 0 saturated carbocycles. The van der Waals surface area contributed by atoms with E-state index < -0.39 is 6.04 Å². The van der Waals surface area contributed by atoms with E-state index in [-0.39, 0.29) is 30.8 Å². The zero-order valence-corrected chi connectivity index (χ0v) is 14.7. The second-order valence-electron chi connectivity index (χ2n) is 5.03. The zero-order chi connectivity index (χ0) is 16.5. The fraction of sp³-hybridized carbons (Fsp3) is 0.500. The highest BCUT2D eigenvalue weighted by atomic mass is 35.5. The van der Waals surface area contributed by atoms with E-state index in [1.54, 1.807) is 31.4 Å². The first-order chi connectivity index (χ1) is 10.5. The van der Waals surface area contributed by atoms with Crippen molar-refractivity contribution in [1.82, 2.24) is 4.90 Å². The first-order valence-corrected chi connectivity index (χ1v) is 7.50. The number of halogens is 1. The average molecular weight is 344 g/mol. The standard InChI is InChI=1S/C16H25N3O3.ClH/c1-4-7-14(17)16(21)19(5-2)11-15(20)18-12-8-6-9-13(10-12)22-3;/h6,8-10,14H,4-5,7,11,17H2,1-3H3,(H,18,20);1H. The number of benzene rings is 1. The quantitative estimate of drug-likeness (QED) is 0.756. The predicted octanol–water partition coefficient (Wildman–Crippen LogP) is 2.03. The Labute approximate surface area is 143 Å². The van der Waals surface area contributed by atoms with Crippen molar-refractivity contribution in [2.24, 2.45) is 5.73 Å². The lowest BCUT2D eigenvalue weighted by molar-refractivity contribution is -0.135. The number of likely N-dealkylation sites (N-methyl/N-ethyl adjacent to an activating group) is 1. The maximum absolute atomic E-state index is 12.2. The van der Waals surface area contributed by atoms with Crippen molar-refractivity contribution in [1.29, 1.82) is 0 Å². The van der Waals surface area contributed by atoms with Gasteiger partial charge in [0.15, 0.2) is 0 Å². The highest BCUT2D eigenvalue weighted by molar-refractivity contribution is 5.95. The Kier molecular flexibility index (Phi) is 10.0. The second-order valence-corrected chi connectivity index (χ2v) is 5.03. The normalized spacial score (nSPS) is 11.1. The van der Waals surface area contributed by atoms with Gasteiger partial charge in [-0.1, -0.05) is 19.4 Å². The van der Waals surface area contributed by atoms with E-state index in [2.05, 4.69) is 5.32 Å². The van der Waals surface area contributed by atoms with Crippen LogP contribution in [0.3, 0.4) is 0 Å². The molecule has 0 aliphatic rings. The van der Waals surface area contributed by atoms with Crippen LogP contribution in [-0.4, -0.2) is 43.0 Å². The minimum atomic E-state index is -0.547. The third kappa shape index (κ3) is 6.88. The molecule has 130 valence electrons. The van der Waals surface area contributed by atoms with Crippen LogP contribution >= 0.6 is 12.4 Å². The topological polar surface area (TPSA) is 84.7 Å². The summed E-state index contributed by atoms with van der Waals surface area (Å²) < 4.78 is 5.10. The van der Waals surface area contributed by atoms with Gasteiger partial charge in [0, 0.05) is 18.3 Å². The highest BCUT2D eigenvalue weighted by Gasteiger charge is 2.21. The number of carbonyl (C=O) groups excluding carboxylic acids is 2. The Morgan fingerprint density at radius 3 is 2.61 bits per heavy atom. The molecule has 0 saturated heterocycles. The fourth-order valence-electron chi connectivity index (χ4n) is 2.09. The molecule has 1 unspecified atom stereocenters. The number of methoxy groups -OCH3 is 1. The van der Waals surface area contributed by atoms with Crippen LogP contribution < -0.4 is 15.8 Å². The summed E-state index contributed by atoms with van der Waals surface area (Å²) >= 11 is 0. The summed E-state index contributed by atoms with van der Waals surface area (Å²) in [7, 11) is 1.56. The predicted molar refractivity (Wildman–Crippen MR) is 94.0 cm³/mol. The van der Waals surface area contributed by atoms with E-state index in [0.717, 1.165) is 6.42 Å². The molecular formula is C16H26ClN3O3. The largest absolute Gasteiger partial charge is 0.497 e. The maximum atomic E-state index is 12.2. The van der Waals surface area contributed by atoms with Gasteiger partial charge >= 0.3 is 0 Å². The summed E-state index contributed by atoms with van der Waals surface area (Å²) in [5.41, 5.74) is 6.46. The van der Waals surface area contributed by atoms with Crippen LogP contribution in [0.2, 0.25) is 0 Å². The van der Waals surface area contributed by atoms with Crippen LogP contribution in [0.4, 0.5) is 5.69 Å². The average Bonchev–Trinajstić information content (AvgIpc) is 2.52. The van der Waals surface area contributed by atoms with Gasteiger partial charge in [-0.05, 0) is 25.5 Å². The SMILES string of the molecule is CCCC(N)C(=O)N(CC)CC(=O)Nc1cccc(OC)c1.Cl. The Morgan fingerprint density at radius 2 is 2.04 bits per heavy atom. The van der Waals surface area contributed by atoms with Crippen LogP contribution in [0.5, 0.6) is 5.75 Å². The maximum Gasteiger partial charge on any atom is 0.243 e. The van der Waals surface area contributed by atoms with Gasteiger partial charge in [0.25, 0.3) is 0 Å². The number of nitrogens with one attached hydrogen (secondary N) is 1. The van der Waals surface area contributed by atoms with Crippen molar-refractivity contribution in [3.63, 3.8) is 0 Å². The van der Waals surface area contributed by atoms with Gasteiger partial charge in [-0.25, -0.2) is 0 Å². The number of nitrogens with zero attached hydrogens (tertiary/aromatic N) is 1. The van der Waals surface area contributed by atoms with Crippen LogP contribution in [0.25, 0.3) is 0 Å². The summed E-state index contributed by atoms with van der Waals surface area (Å²) in [5.74, 6) is 0.212. The van der Waals surface area contributed by atoms with Crippen LogP contribution in [0.1, 0.15) is 26.7 Å². The third-order valence-corrected chi connectivity index (χ3v) is 3.30. The van der Waals surface area contributed by atoms with Crippen molar-refractivity contribution < 1.29 is 14.3 Å². The molecule has 0 aliphatic heterocycles. The second kappa shape index (κ2) is 10.9. The molecule has 2 amide bonds. The number of carbonyl (C=O) groups is 2.